The van der Waals surface area contributed by atoms with Crippen molar-refractivity contribution in [3.63, 3.8) is 0 Å². The number of nitrogens with one attached hydrogen (secondary N) is 2. The van der Waals surface area contributed by atoms with E-state index in [9.17, 15) is 19.8 Å². The Balaban J connectivity index is 1.85. The van der Waals surface area contributed by atoms with Crippen LogP contribution in [0, 0.1) is 6.92 Å². The fourth-order valence-electron chi connectivity index (χ4n) is 2.83. The molecule has 0 heterocycles. The number of halogens is 2. The van der Waals surface area contributed by atoms with Gasteiger partial charge in [0.05, 0.1) is 10.7 Å². The number of carbonyl (C=O) groups excluding carboxylic acids is 2. The van der Waals surface area contributed by atoms with Crippen LogP contribution in [0.2, 0.25) is 0 Å². The Bertz CT molecular complexity index is 1210. The van der Waals surface area contributed by atoms with Gasteiger partial charge in [-0.05, 0) is 68.1 Å². The molecule has 0 aliphatic heterocycles. The van der Waals surface area contributed by atoms with Crippen molar-refractivity contribution in [1.29, 1.82) is 0 Å². The van der Waals surface area contributed by atoms with Gasteiger partial charge in [-0.15, -0.1) is 0 Å². The Morgan fingerprint density at radius 2 is 1.52 bits per heavy atom. The third-order valence-electron chi connectivity index (χ3n) is 4.61. The molecule has 168 valence electrons. The standard InChI is InChI=1S/C24H19Br2N3O4/c1-14-17(21(30)20(26)22(31)19(14)25)13-27-29-24(33)18(12-15-8-4-2-5-9-15)28-23(32)16-10-6-3-7-11-16/h2-13,30-31H,1H3,(H,28,32)(H,29,33). The molecule has 7 nitrogen and oxygen atoms in total. The van der Waals surface area contributed by atoms with Gasteiger partial charge in [0.1, 0.15) is 21.7 Å². The molecular weight excluding hydrogens is 554 g/mol. The van der Waals surface area contributed by atoms with Crippen molar-refractivity contribution < 1.29 is 19.8 Å². The van der Waals surface area contributed by atoms with Crippen LogP contribution in [-0.4, -0.2) is 28.2 Å². The molecular formula is C24H19Br2N3O4. The number of hydrogen-bond acceptors (Lipinski definition) is 5. The van der Waals surface area contributed by atoms with Crippen molar-refractivity contribution in [2.45, 2.75) is 6.92 Å². The van der Waals surface area contributed by atoms with Gasteiger partial charge in [-0.2, -0.15) is 5.10 Å². The summed E-state index contributed by atoms with van der Waals surface area (Å²) in [7, 11) is 0. The summed E-state index contributed by atoms with van der Waals surface area (Å²) in [5, 5.41) is 26.8. The molecule has 3 aromatic rings. The molecule has 0 unspecified atom stereocenters. The van der Waals surface area contributed by atoms with Crippen molar-refractivity contribution in [1.82, 2.24) is 10.7 Å². The molecule has 0 saturated carbocycles. The maximum Gasteiger partial charge on any atom is 0.287 e. The van der Waals surface area contributed by atoms with E-state index in [0.29, 0.717) is 21.2 Å². The number of amides is 2. The smallest absolute Gasteiger partial charge is 0.287 e. The van der Waals surface area contributed by atoms with Crippen LogP contribution in [0.15, 0.2) is 80.4 Å². The number of phenols is 2. The van der Waals surface area contributed by atoms with Gasteiger partial charge in [0, 0.05) is 11.1 Å². The molecule has 3 aromatic carbocycles. The van der Waals surface area contributed by atoms with Gasteiger partial charge in [-0.1, -0.05) is 48.5 Å². The van der Waals surface area contributed by atoms with Crippen LogP contribution in [-0.2, 0) is 4.79 Å². The molecule has 0 aliphatic rings. The molecule has 0 saturated heterocycles. The Morgan fingerprint density at radius 3 is 2.15 bits per heavy atom. The van der Waals surface area contributed by atoms with E-state index in [1.807, 2.05) is 18.2 Å². The molecule has 3 rings (SSSR count). The normalized spacial score (nSPS) is 11.4. The minimum atomic E-state index is -0.659. The second kappa shape index (κ2) is 10.9. The lowest BCUT2D eigenvalue weighted by Gasteiger charge is -2.11. The summed E-state index contributed by atoms with van der Waals surface area (Å²) >= 11 is 6.36. The van der Waals surface area contributed by atoms with Gasteiger partial charge in [0.15, 0.2) is 0 Å². The van der Waals surface area contributed by atoms with Crippen LogP contribution in [0.4, 0.5) is 0 Å². The van der Waals surface area contributed by atoms with Gasteiger partial charge in [-0.3, -0.25) is 9.59 Å². The Hall–Kier alpha value is -3.43. The van der Waals surface area contributed by atoms with E-state index >= 15 is 0 Å². The fraction of sp³-hybridized carbons (Fsp3) is 0.0417. The minimum Gasteiger partial charge on any atom is -0.506 e. The SMILES string of the molecule is Cc1c(Br)c(O)c(Br)c(O)c1C=NNC(=O)C(=Cc1ccccc1)NC(=O)c1ccccc1. The molecule has 0 spiro atoms. The first-order valence-corrected chi connectivity index (χ1v) is 11.2. The average molecular weight is 573 g/mol. The zero-order valence-electron chi connectivity index (χ0n) is 17.3. The van der Waals surface area contributed by atoms with Crippen LogP contribution in [0.5, 0.6) is 11.5 Å². The largest absolute Gasteiger partial charge is 0.506 e. The first-order chi connectivity index (χ1) is 15.8. The molecule has 0 aliphatic carbocycles. The summed E-state index contributed by atoms with van der Waals surface area (Å²) in [6.07, 6.45) is 2.78. The van der Waals surface area contributed by atoms with Crippen molar-refractivity contribution in [3.05, 3.63) is 97.6 Å². The molecule has 0 radical (unpaired) electrons. The van der Waals surface area contributed by atoms with E-state index in [4.69, 9.17) is 0 Å². The van der Waals surface area contributed by atoms with Crippen LogP contribution < -0.4 is 10.7 Å². The highest BCUT2D eigenvalue weighted by Crippen LogP contribution is 2.43. The number of hydrazone groups is 1. The molecule has 4 N–H and O–H groups in total. The summed E-state index contributed by atoms with van der Waals surface area (Å²) in [5.74, 6) is -1.49. The van der Waals surface area contributed by atoms with Gasteiger partial charge >= 0.3 is 0 Å². The Labute approximate surface area is 207 Å². The number of carbonyl (C=O) groups is 2. The predicted octanol–water partition coefficient (Wildman–Crippen LogP) is 4.85. The summed E-state index contributed by atoms with van der Waals surface area (Å²) in [5.41, 5.74) is 4.25. The minimum absolute atomic E-state index is 0.0128. The average Bonchev–Trinajstić information content (AvgIpc) is 2.84. The molecule has 33 heavy (non-hydrogen) atoms. The van der Waals surface area contributed by atoms with E-state index in [1.54, 1.807) is 49.4 Å². The van der Waals surface area contributed by atoms with Crippen LogP contribution in [0.3, 0.4) is 0 Å². The third-order valence-corrected chi connectivity index (χ3v) is 6.33. The van der Waals surface area contributed by atoms with E-state index in [-0.39, 0.29) is 27.2 Å². The summed E-state index contributed by atoms with van der Waals surface area (Å²) in [6, 6.07) is 17.6. The summed E-state index contributed by atoms with van der Waals surface area (Å²) in [6.45, 7) is 1.67. The fourth-order valence-corrected chi connectivity index (χ4v) is 3.92. The van der Waals surface area contributed by atoms with E-state index in [2.05, 4.69) is 47.7 Å². The highest BCUT2D eigenvalue weighted by Gasteiger charge is 2.18. The maximum atomic E-state index is 12.8. The summed E-state index contributed by atoms with van der Waals surface area (Å²) in [4.78, 5) is 25.4. The van der Waals surface area contributed by atoms with Gasteiger partial charge < -0.3 is 15.5 Å². The lowest BCUT2D eigenvalue weighted by molar-refractivity contribution is -0.117. The van der Waals surface area contributed by atoms with Crippen molar-refractivity contribution in [3.8, 4) is 11.5 Å². The van der Waals surface area contributed by atoms with Crippen LogP contribution in [0.1, 0.15) is 27.0 Å². The quantitative estimate of drug-likeness (QED) is 0.192. The predicted molar refractivity (Wildman–Crippen MR) is 134 cm³/mol. The van der Waals surface area contributed by atoms with Gasteiger partial charge in [0.25, 0.3) is 11.8 Å². The monoisotopic (exact) mass is 571 g/mol. The molecule has 0 fully saturated rings. The van der Waals surface area contributed by atoms with Crippen molar-refractivity contribution >= 4 is 56.0 Å². The first-order valence-electron chi connectivity index (χ1n) is 9.65. The number of rotatable bonds is 6. The zero-order valence-corrected chi connectivity index (χ0v) is 20.5. The van der Waals surface area contributed by atoms with Crippen LogP contribution in [0.25, 0.3) is 6.08 Å². The second-order valence-electron chi connectivity index (χ2n) is 6.85. The topological polar surface area (TPSA) is 111 Å². The van der Waals surface area contributed by atoms with E-state index in [1.165, 1.54) is 12.3 Å². The molecule has 9 heteroatoms. The number of phenolic OH excluding ortho intramolecular Hbond substituents is 2. The maximum absolute atomic E-state index is 12.8. The third kappa shape index (κ3) is 5.88. The highest BCUT2D eigenvalue weighted by atomic mass is 79.9. The van der Waals surface area contributed by atoms with Gasteiger partial charge in [0.2, 0.25) is 0 Å². The number of aromatic hydroxyl groups is 2. The van der Waals surface area contributed by atoms with Crippen molar-refractivity contribution in [2.24, 2.45) is 5.10 Å². The van der Waals surface area contributed by atoms with Crippen LogP contribution >= 0.6 is 31.9 Å². The van der Waals surface area contributed by atoms with E-state index in [0.717, 1.165) is 0 Å². The summed E-state index contributed by atoms with van der Waals surface area (Å²) < 4.78 is 0.465. The molecule has 2 amide bonds. The molecule has 0 aromatic heterocycles. The second-order valence-corrected chi connectivity index (χ2v) is 8.44. The Kier molecular flexibility index (Phi) is 8.02. The zero-order chi connectivity index (χ0) is 24.0. The Morgan fingerprint density at radius 1 is 0.909 bits per heavy atom. The lowest BCUT2D eigenvalue weighted by atomic mass is 10.1. The first kappa shape index (κ1) is 24.2. The highest BCUT2D eigenvalue weighted by molar-refractivity contribution is 9.11. The van der Waals surface area contributed by atoms with E-state index < -0.39 is 11.8 Å². The molecule has 0 bridgehead atoms. The lowest BCUT2D eigenvalue weighted by Crippen LogP contribution is -2.32. The number of hydrogen-bond donors (Lipinski definition) is 4. The van der Waals surface area contributed by atoms with Gasteiger partial charge in [-0.25, -0.2) is 5.43 Å². The number of benzene rings is 3. The molecule has 0 atom stereocenters. The number of nitrogens with zero attached hydrogens (tertiary/aromatic N) is 1. The van der Waals surface area contributed by atoms with Crippen molar-refractivity contribution in [2.75, 3.05) is 0 Å².